The zero-order valence-corrected chi connectivity index (χ0v) is 12.7. The zero-order valence-electron chi connectivity index (χ0n) is 12.7. The Bertz CT molecular complexity index is 1010. The number of hydrogen-bond acceptors (Lipinski definition) is 3. The fraction of sp³-hybridized carbons (Fsp3) is 0.167. The molecule has 1 unspecified atom stereocenters. The highest BCUT2D eigenvalue weighted by atomic mass is 16.1. The molecule has 2 aromatic carbocycles. The van der Waals surface area contributed by atoms with E-state index in [4.69, 9.17) is 0 Å². The lowest BCUT2D eigenvalue weighted by Gasteiger charge is -2.09. The van der Waals surface area contributed by atoms with Crippen molar-refractivity contribution in [3.05, 3.63) is 70.5 Å². The van der Waals surface area contributed by atoms with E-state index in [1.54, 1.807) is 6.07 Å². The Morgan fingerprint density at radius 1 is 0.957 bits per heavy atom. The van der Waals surface area contributed by atoms with Crippen LogP contribution in [0.4, 0.5) is 0 Å². The highest BCUT2D eigenvalue weighted by Crippen LogP contribution is 2.19. The van der Waals surface area contributed by atoms with Gasteiger partial charge in [-0.25, -0.2) is 9.97 Å². The first-order valence-corrected chi connectivity index (χ1v) is 7.63. The van der Waals surface area contributed by atoms with Crippen molar-refractivity contribution >= 4 is 21.9 Å². The highest BCUT2D eigenvalue weighted by Gasteiger charge is 2.13. The summed E-state index contributed by atoms with van der Waals surface area (Å²) < 4.78 is 0. The third-order valence-electron chi connectivity index (χ3n) is 4.04. The molecule has 23 heavy (non-hydrogen) atoms. The van der Waals surface area contributed by atoms with Crippen molar-refractivity contribution in [1.29, 1.82) is 0 Å². The molecule has 0 amide bonds. The molecule has 0 saturated carbocycles. The Balaban J connectivity index is 1.68. The van der Waals surface area contributed by atoms with Gasteiger partial charge in [-0.2, -0.15) is 0 Å². The second kappa shape index (κ2) is 5.35. The Morgan fingerprint density at radius 3 is 2.52 bits per heavy atom. The number of nitrogens with zero attached hydrogens (tertiary/aromatic N) is 2. The van der Waals surface area contributed by atoms with Crippen LogP contribution in [-0.4, -0.2) is 19.9 Å². The van der Waals surface area contributed by atoms with Crippen LogP contribution in [0.1, 0.15) is 24.5 Å². The number of nitrogens with one attached hydrogen (secondary N) is 2. The van der Waals surface area contributed by atoms with Crippen LogP contribution in [0.15, 0.2) is 53.3 Å². The number of fused-ring (bicyclic) bond motifs is 2. The van der Waals surface area contributed by atoms with Crippen molar-refractivity contribution in [2.24, 2.45) is 0 Å². The summed E-state index contributed by atoms with van der Waals surface area (Å²) in [4.78, 5) is 27.6. The van der Waals surface area contributed by atoms with E-state index >= 15 is 0 Å². The van der Waals surface area contributed by atoms with E-state index in [0.717, 1.165) is 22.4 Å². The number of imidazole rings is 1. The molecule has 0 spiro atoms. The van der Waals surface area contributed by atoms with Crippen molar-refractivity contribution in [2.75, 3.05) is 0 Å². The maximum absolute atomic E-state index is 12.2. The molecule has 0 radical (unpaired) electrons. The van der Waals surface area contributed by atoms with Crippen molar-refractivity contribution in [3.63, 3.8) is 0 Å². The molecule has 1 atom stereocenters. The number of para-hydroxylation sites is 3. The molecule has 2 N–H and O–H groups in total. The average Bonchev–Trinajstić information content (AvgIpc) is 2.97. The van der Waals surface area contributed by atoms with Crippen LogP contribution in [0.2, 0.25) is 0 Å². The summed E-state index contributed by atoms with van der Waals surface area (Å²) in [5, 5.41) is 0.618. The summed E-state index contributed by atoms with van der Waals surface area (Å²) in [5.74, 6) is 1.65. The van der Waals surface area contributed by atoms with Gasteiger partial charge in [0.1, 0.15) is 11.6 Å². The van der Waals surface area contributed by atoms with Gasteiger partial charge in [0.05, 0.1) is 21.9 Å². The topological polar surface area (TPSA) is 74.4 Å². The third-order valence-corrected chi connectivity index (χ3v) is 4.04. The predicted octanol–water partition coefficient (Wildman–Crippen LogP) is 3.15. The summed E-state index contributed by atoms with van der Waals surface area (Å²) in [5.41, 5.74) is 2.61. The number of aromatic amines is 2. The van der Waals surface area contributed by atoms with Crippen LogP contribution in [0, 0.1) is 0 Å². The van der Waals surface area contributed by atoms with E-state index in [9.17, 15) is 4.79 Å². The van der Waals surface area contributed by atoms with Gasteiger partial charge in [0.2, 0.25) is 0 Å². The minimum atomic E-state index is -0.0953. The number of rotatable bonds is 3. The number of H-pyrrole nitrogens is 2. The second-order valence-electron chi connectivity index (χ2n) is 5.77. The molecule has 5 heteroatoms. The molecule has 2 aromatic heterocycles. The van der Waals surface area contributed by atoms with Gasteiger partial charge in [-0.15, -0.1) is 0 Å². The summed E-state index contributed by atoms with van der Waals surface area (Å²) in [6.45, 7) is 2.04. The molecule has 4 aromatic rings. The first-order chi connectivity index (χ1) is 11.2. The Hall–Kier alpha value is -2.95. The lowest BCUT2D eigenvalue weighted by atomic mass is 10.1. The van der Waals surface area contributed by atoms with Crippen LogP contribution in [0.5, 0.6) is 0 Å². The maximum Gasteiger partial charge on any atom is 0.258 e. The predicted molar refractivity (Wildman–Crippen MR) is 90.6 cm³/mol. The van der Waals surface area contributed by atoms with Gasteiger partial charge in [0, 0.05) is 12.3 Å². The quantitative estimate of drug-likeness (QED) is 0.610. The van der Waals surface area contributed by atoms with Gasteiger partial charge in [0.15, 0.2) is 0 Å². The Kier molecular flexibility index (Phi) is 3.19. The standard InChI is InChI=1S/C18H16N4O/c1-11(10-16-19-14-8-4-5-9-15(14)20-16)17-21-13-7-3-2-6-12(13)18(23)22-17/h2-9,11H,10H2,1H3,(H,19,20)(H,21,22,23). The SMILES string of the molecule is CC(Cc1nc2ccccc2[nH]1)c1nc2ccccc2c(=O)[nH]1. The Morgan fingerprint density at radius 2 is 1.70 bits per heavy atom. The van der Waals surface area contributed by atoms with Gasteiger partial charge >= 0.3 is 0 Å². The molecule has 0 bridgehead atoms. The van der Waals surface area contributed by atoms with E-state index in [-0.39, 0.29) is 11.5 Å². The normalized spacial score (nSPS) is 12.7. The Labute approximate surface area is 132 Å². The van der Waals surface area contributed by atoms with Crippen molar-refractivity contribution in [2.45, 2.75) is 19.3 Å². The van der Waals surface area contributed by atoms with Gasteiger partial charge in [0.25, 0.3) is 5.56 Å². The molecule has 5 nitrogen and oxygen atoms in total. The number of hydrogen-bond donors (Lipinski definition) is 2. The number of benzene rings is 2. The van der Waals surface area contributed by atoms with E-state index in [1.165, 1.54) is 0 Å². The minimum Gasteiger partial charge on any atom is -0.342 e. The largest absolute Gasteiger partial charge is 0.342 e. The monoisotopic (exact) mass is 304 g/mol. The molecule has 2 heterocycles. The van der Waals surface area contributed by atoms with E-state index in [0.29, 0.717) is 17.6 Å². The van der Waals surface area contributed by atoms with Gasteiger partial charge in [-0.3, -0.25) is 4.79 Å². The summed E-state index contributed by atoms with van der Waals surface area (Å²) >= 11 is 0. The molecular weight excluding hydrogens is 288 g/mol. The van der Waals surface area contributed by atoms with Crippen LogP contribution in [0.25, 0.3) is 21.9 Å². The van der Waals surface area contributed by atoms with E-state index in [2.05, 4.69) is 19.9 Å². The second-order valence-corrected chi connectivity index (χ2v) is 5.77. The van der Waals surface area contributed by atoms with Crippen LogP contribution < -0.4 is 5.56 Å². The summed E-state index contributed by atoms with van der Waals surface area (Å²) in [6, 6.07) is 15.3. The van der Waals surface area contributed by atoms with Crippen molar-refractivity contribution in [3.8, 4) is 0 Å². The maximum atomic E-state index is 12.2. The number of aromatic nitrogens is 4. The summed E-state index contributed by atoms with van der Waals surface area (Å²) in [6.07, 6.45) is 0.690. The van der Waals surface area contributed by atoms with Gasteiger partial charge in [-0.1, -0.05) is 31.2 Å². The fourth-order valence-electron chi connectivity index (χ4n) is 2.83. The van der Waals surface area contributed by atoms with Gasteiger partial charge in [-0.05, 0) is 24.3 Å². The molecule has 0 aliphatic carbocycles. The van der Waals surface area contributed by atoms with Crippen molar-refractivity contribution < 1.29 is 0 Å². The first-order valence-electron chi connectivity index (χ1n) is 7.63. The van der Waals surface area contributed by atoms with Gasteiger partial charge < -0.3 is 9.97 Å². The highest BCUT2D eigenvalue weighted by molar-refractivity contribution is 5.77. The van der Waals surface area contributed by atoms with Crippen molar-refractivity contribution in [1.82, 2.24) is 19.9 Å². The molecule has 114 valence electrons. The van der Waals surface area contributed by atoms with Crippen LogP contribution in [-0.2, 0) is 6.42 Å². The molecule has 0 aliphatic heterocycles. The molecule has 4 rings (SSSR count). The zero-order chi connectivity index (χ0) is 15.8. The molecule has 0 aliphatic rings. The fourth-order valence-corrected chi connectivity index (χ4v) is 2.83. The third kappa shape index (κ3) is 2.50. The van der Waals surface area contributed by atoms with Crippen LogP contribution in [0.3, 0.4) is 0 Å². The van der Waals surface area contributed by atoms with Crippen LogP contribution >= 0.6 is 0 Å². The average molecular weight is 304 g/mol. The van der Waals surface area contributed by atoms with E-state index in [1.807, 2.05) is 49.4 Å². The summed E-state index contributed by atoms with van der Waals surface area (Å²) in [7, 11) is 0. The molecule has 0 saturated heterocycles. The van der Waals surface area contributed by atoms with E-state index < -0.39 is 0 Å². The minimum absolute atomic E-state index is 0.0628. The molecular formula is C18H16N4O. The lowest BCUT2D eigenvalue weighted by molar-refractivity contribution is 0.678. The smallest absolute Gasteiger partial charge is 0.258 e. The molecule has 0 fully saturated rings. The lowest BCUT2D eigenvalue weighted by Crippen LogP contribution is -2.15. The first kappa shape index (κ1) is 13.7.